The van der Waals surface area contributed by atoms with Crippen LogP contribution in [0.4, 0.5) is 0 Å². The van der Waals surface area contributed by atoms with Gasteiger partial charge >= 0.3 is 0 Å². The summed E-state index contributed by atoms with van der Waals surface area (Å²) in [5.41, 5.74) is 22.9. The average Bonchev–Trinajstić information content (AvgIpc) is 1.66. The number of hydrogen-bond donors (Lipinski definition) is 1. The summed E-state index contributed by atoms with van der Waals surface area (Å²) in [7, 11) is 0. The highest BCUT2D eigenvalue weighted by atomic mass is 16.3. The molecule has 0 fully saturated rings. The highest BCUT2D eigenvalue weighted by Crippen LogP contribution is 2.53. The van der Waals surface area contributed by atoms with E-state index in [9.17, 15) is 5.11 Å². The third-order valence-electron chi connectivity index (χ3n) is 18.2. The zero-order chi connectivity index (χ0) is 63.3. The molecule has 0 saturated heterocycles. The summed E-state index contributed by atoms with van der Waals surface area (Å²) in [5, 5.41) is 11.2. The summed E-state index contributed by atoms with van der Waals surface area (Å²) in [6, 6.07) is 21.5. The van der Waals surface area contributed by atoms with Crippen molar-refractivity contribution in [3.8, 4) is 5.75 Å². The third-order valence-corrected chi connectivity index (χ3v) is 18.2. The number of phenols is 1. The quantitative estimate of drug-likeness (QED) is 0.0548. The van der Waals surface area contributed by atoms with E-state index in [4.69, 9.17) is 0 Å². The van der Waals surface area contributed by atoms with E-state index in [1.54, 1.807) is 22.3 Å². The Labute approximate surface area is 516 Å². The number of unbranched alkanes of at least 4 members (excludes halogenated alkanes) is 3. The monoisotopic (exact) mass is 1130 g/mol. The molecule has 1 atom stereocenters. The molecule has 0 aliphatic heterocycles. The summed E-state index contributed by atoms with van der Waals surface area (Å²) in [4.78, 5) is 0. The predicted molar refractivity (Wildman–Crippen MR) is 373 cm³/mol. The van der Waals surface area contributed by atoms with Crippen molar-refractivity contribution in [1.82, 2.24) is 0 Å². The molecule has 0 saturated carbocycles. The summed E-state index contributed by atoms with van der Waals surface area (Å²) in [5.74, 6) is 1.08. The fraction of sp³-hybridized carbons (Fsp3) is 0.634. The molecule has 1 aliphatic rings. The van der Waals surface area contributed by atoms with E-state index in [2.05, 4.69) is 254 Å². The summed E-state index contributed by atoms with van der Waals surface area (Å²) < 4.78 is 0. The number of hydrogen-bond acceptors (Lipinski definition) is 1. The van der Waals surface area contributed by atoms with Crippen LogP contribution < -0.4 is 0 Å². The first-order valence-corrected chi connectivity index (χ1v) is 33.3. The van der Waals surface area contributed by atoms with Crippen LogP contribution in [0.15, 0.2) is 92.1 Å². The minimum atomic E-state index is -0.0980. The largest absolute Gasteiger partial charge is 0.507 e. The molecule has 0 amide bonds. The van der Waals surface area contributed by atoms with Gasteiger partial charge in [-0.3, -0.25) is 0 Å². The Balaban J connectivity index is 0.000000407. The molecule has 0 spiro atoms. The second-order valence-electron chi connectivity index (χ2n) is 33.0. The van der Waals surface area contributed by atoms with Crippen LogP contribution in [-0.2, 0) is 63.6 Å². The van der Waals surface area contributed by atoms with E-state index in [1.807, 2.05) is 6.08 Å². The highest BCUT2D eigenvalue weighted by Gasteiger charge is 2.44. The van der Waals surface area contributed by atoms with Crippen LogP contribution in [-0.4, -0.2) is 5.11 Å². The molecule has 83 heavy (non-hydrogen) atoms. The summed E-state index contributed by atoms with van der Waals surface area (Å²) >= 11 is 0. The summed E-state index contributed by atoms with van der Waals surface area (Å²) in [6.45, 7) is 69.7. The van der Waals surface area contributed by atoms with Crippen molar-refractivity contribution >= 4 is 0 Å². The Hall–Kier alpha value is -4.10. The Bertz CT molecular complexity index is 2620. The van der Waals surface area contributed by atoms with E-state index in [1.165, 1.54) is 127 Å². The number of aryl methyl sites for hydroxylation is 4. The van der Waals surface area contributed by atoms with Crippen LogP contribution in [0.1, 0.15) is 340 Å². The Kier molecular flexibility index (Phi) is 26.4. The molecule has 0 aromatic heterocycles. The lowest BCUT2D eigenvalue weighted by Crippen LogP contribution is -2.21. The van der Waals surface area contributed by atoms with Crippen molar-refractivity contribution in [2.75, 3.05) is 0 Å². The van der Waals surface area contributed by atoms with Gasteiger partial charge in [0.1, 0.15) is 5.75 Å². The van der Waals surface area contributed by atoms with Crippen LogP contribution in [0.2, 0.25) is 0 Å². The minimum absolute atomic E-state index is 0.0980. The van der Waals surface area contributed by atoms with Crippen LogP contribution in [0, 0.1) is 12.3 Å². The van der Waals surface area contributed by atoms with Crippen LogP contribution in [0.5, 0.6) is 5.75 Å². The van der Waals surface area contributed by atoms with Gasteiger partial charge in [0.15, 0.2) is 0 Å². The molecule has 1 unspecified atom stereocenters. The number of phenolic OH excluding ortho intramolecular Hbond substituents is 1. The lowest BCUT2D eigenvalue weighted by atomic mass is 9.71. The van der Waals surface area contributed by atoms with Gasteiger partial charge < -0.3 is 5.11 Å². The second-order valence-corrected chi connectivity index (χ2v) is 33.0. The van der Waals surface area contributed by atoms with Gasteiger partial charge in [-0.15, -0.1) is 13.2 Å². The minimum Gasteiger partial charge on any atom is -0.507 e. The molecular formula is C82H130O. The van der Waals surface area contributed by atoms with E-state index in [0.717, 1.165) is 49.7 Å². The first kappa shape index (κ1) is 73.2. The maximum absolute atomic E-state index is 11.2. The van der Waals surface area contributed by atoms with Gasteiger partial charge in [-0.1, -0.05) is 277 Å². The van der Waals surface area contributed by atoms with Gasteiger partial charge in [0.2, 0.25) is 0 Å². The average molecular weight is 1130 g/mol. The molecule has 4 aromatic rings. The first-order valence-electron chi connectivity index (χ1n) is 33.3. The van der Waals surface area contributed by atoms with E-state index in [0.29, 0.717) is 22.5 Å². The zero-order valence-electron chi connectivity index (χ0n) is 59.2. The summed E-state index contributed by atoms with van der Waals surface area (Å²) in [6.07, 6.45) is 25.8. The van der Waals surface area contributed by atoms with Gasteiger partial charge in [-0.2, -0.15) is 0 Å². The smallest absolute Gasteiger partial charge is 0.123 e. The normalized spacial score (nSPS) is 14.2. The molecule has 0 bridgehead atoms. The topological polar surface area (TPSA) is 20.2 Å². The lowest BCUT2D eigenvalue weighted by Gasteiger charge is -2.34. The fourth-order valence-corrected chi connectivity index (χ4v) is 12.8. The Morgan fingerprint density at radius 2 is 0.940 bits per heavy atom. The van der Waals surface area contributed by atoms with Gasteiger partial charge in [0.05, 0.1) is 0 Å². The van der Waals surface area contributed by atoms with Crippen molar-refractivity contribution in [3.63, 3.8) is 0 Å². The molecule has 4 aromatic carbocycles. The number of rotatable bonds is 24. The molecule has 1 aliphatic carbocycles. The van der Waals surface area contributed by atoms with Gasteiger partial charge in [0.25, 0.3) is 0 Å². The standard InChI is InChI=1S/C46H72O.C19H30.C17H28/c1-14-16-26-46(25-15-2,27-20-18-17-19-21-35-29-37(33(3)4)41-38(30-35)45(41,12)13)28-24-34(5)22-23-36-31-39(43(6,7)8)42(47)40(32-36)44(9,10)11;1-9-10-11-15-12-16(18(3,4)5)14(2)17(13-15)19(6,7)8;1-8-9-13-10-14(16(2,3)4)12-15(11-13)17(5,6)7/h14,29-33,47H,1,5,15-28H2,2-4,6-13H3;9,12-13H,1,10-11H2,2-8H3;10-12H,8-9H2,1-7H3. The van der Waals surface area contributed by atoms with E-state index >= 15 is 0 Å². The van der Waals surface area contributed by atoms with Gasteiger partial charge in [-0.05, 0) is 212 Å². The van der Waals surface area contributed by atoms with Gasteiger partial charge in [0, 0.05) is 5.41 Å². The molecule has 464 valence electrons. The highest BCUT2D eigenvalue weighted by molar-refractivity contribution is 5.64. The van der Waals surface area contributed by atoms with Crippen LogP contribution >= 0.6 is 0 Å². The first-order chi connectivity index (χ1) is 38.1. The van der Waals surface area contributed by atoms with Crippen LogP contribution in [0.25, 0.3) is 0 Å². The van der Waals surface area contributed by atoms with E-state index < -0.39 is 0 Å². The molecule has 1 N–H and O–H groups in total. The maximum Gasteiger partial charge on any atom is 0.123 e. The maximum atomic E-state index is 11.2. The lowest BCUT2D eigenvalue weighted by molar-refractivity contribution is 0.190. The number of fused-ring (bicyclic) bond motifs is 1. The molecule has 0 radical (unpaired) electrons. The predicted octanol–water partition coefficient (Wildman–Crippen LogP) is 24.9. The zero-order valence-corrected chi connectivity index (χ0v) is 59.2. The Morgan fingerprint density at radius 3 is 1.39 bits per heavy atom. The van der Waals surface area contributed by atoms with Crippen molar-refractivity contribution in [2.24, 2.45) is 5.41 Å². The number of aromatic hydroxyl groups is 1. The van der Waals surface area contributed by atoms with Crippen LogP contribution in [0.3, 0.4) is 0 Å². The van der Waals surface area contributed by atoms with Crippen molar-refractivity contribution in [3.05, 3.63) is 170 Å². The molecular weight excluding hydrogens is 1000 g/mol. The fourth-order valence-electron chi connectivity index (χ4n) is 12.8. The van der Waals surface area contributed by atoms with E-state index in [-0.39, 0.29) is 32.5 Å². The SMILES string of the molecule is C=CCCC(CCC)(CCCCCCc1cc(C(C)C)c2c(c1)C2(C)C)CCC(=C)CCc1cc(C(C)(C)C)c(O)c(C(C)(C)C)c1.C=CCCc1cc(C(C)(C)C)c(C)c(C(C)(C)C)c1.CCCc1cc(C(C)(C)C)cc(C(C)(C)C)c1. The van der Waals surface area contributed by atoms with Crippen molar-refractivity contribution in [2.45, 2.75) is 332 Å². The molecule has 1 heteroatoms. The molecule has 1 nitrogen and oxygen atoms in total. The molecule has 0 heterocycles. The third kappa shape index (κ3) is 22.0. The van der Waals surface area contributed by atoms with Crippen molar-refractivity contribution < 1.29 is 5.11 Å². The second kappa shape index (κ2) is 30.0. The molecule has 5 rings (SSSR count). The van der Waals surface area contributed by atoms with Gasteiger partial charge in [-0.25, -0.2) is 0 Å². The number of benzene rings is 4. The Morgan fingerprint density at radius 1 is 0.482 bits per heavy atom. The number of allylic oxidation sites excluding steroid dienone is 3. The van der Waals surface area contributed by atoms with Crippen molar-refractivity contribution in [1.29, 1.82) is 0 Å².